The van der Waals surface area contributed by atoms with Gasteiger partial charge in [0.25, 0.3) is 0 Å². The van der Waals surface area contributed by atoms with Crippen molar-refractivity contribution in [1.29, 1.82) is 0 Å². The fraction of sp³-hybridized carbons (Fsp3) is 0.654. The molecule has 1 aromatic rings. The summed E-state index contributed by atoms with van der Waals surface area (Å²) >= 11 is 0. The second-order valence-corrected chi connectivity index (χ2v) is 9.51. The SMILES string of the molecule is COc1ccc(CCN(C[C@@H]2C[C@H]3C=C[C@H]2C3)C(=O)CCC2CCCC2)cc1OC. The average Bonchev–Trinajstić information content (AvgIpc) is 3.53. The summed E-state index contributed by atoms with van der Waals surface area (Å²) in [6, 6.07) is 6.09. The smallest absolute Gasteiger partial charge is 0.222 e. The molecule has 2 fully saturated rings. The highest BCUT2D eigenvalue weighted by Gasteiger charge is 2.37. The van der Waals surface area contributed by atoms with Gasteiger partial charge in [-0.3, -0.25) is 4.79 Å². The van der Waals surface area contributed by atoms with Crippen LogP contribution in [0.1, 0.15) is 56.9 Å². The van der Waals surface area contributed by atoms with Crippen LogP contribution >= 0.6 is 0 Å². The van der Waals surface area contributed by atoms with E-state index >= 15 is 0 Å². The van der Waals surface area contributed by atoms with Gasteiger partial charge in [0.05, 0.1) is 14.2 Å². The van der Waals surface area contributed by atoms with Crippen LogP contribution in [-0.4, -0.2) is 38.1 Å². The molecular weight excluding hydrogens is 374 g/mol. The summed E-state index contributed by atoms with van der Waals surface area (Å²) in [5.41, 5.74) is 1.19. The number of amides is 1. The predicted octanol–water partition coefficient (Wildman–Crippen LogP) is 5.26. The van der Waals surface area contributed by atoms with Crippen LogP contribution in [0.2, 0.25) is 0 Å². The highest BCUT2D eigenvalue weighted by Crippen LogP contribution is 2.43. The maximum absolute atomic E-state index is 13.2. The lowest BCUT2D eigenvalue weighted by atomic mass is 9.92. The standard InChI is InChI=1S/C26H37NO3/c1-29-24-11-8-20(17-25(24)30-2)13-14-27(18-23-16-21-7-10-22(23)15-21)26(28)12-9-19-5-3-4-6-19/h7-8,10-11,17,19,21-23H,3-6,9,12-16,18H2,1-2H3/t21-,22-,23-/m0/s1. The van der Waals surface area contributed by atoms with E-state index in [1.165, 1.54) is 44.1 Å². The Kier molecular flexibility index (Phi) is 7.01. The van der Waals surface area contributed by atoms with Crippen molar-refractivity contribution in [3.8, 4) is 11.5 Å². The number of hydrogen-bond donors (Lipinski definition) is 0. The molecule has 0 heterocycles. The second kappa shape index (κ2) is 9.89. The Hall–Kier alpha value is -1.97. The zero-order valence-electron chi connectivity index (χ0n) is 18.6. The van der Waals surface area contributed by atoms with Crippen molar-refractivity contribution >= 4 is 5.91 Å². The zero-order valence-corrected chi connectivity index (χ0v) is 18.6. The summed E-state index contributed by atoms with van der Waals surface area (Å²) in [5, 5.41) is 0. The molecule has 0 saturated heterocycles. The van der Waals surface area contributed by atoms with Crippen molar-refractivity contribution < 1.29 is 14.3 Å². The van der Waals surface area contributed by atoms with Crippen LogP contribution in [0.4, 0.5) is 0 Å². The van der Waals surface area contributed by atoms with E-state index in [0.717, 1.165) is 49.3 Å². The number of fused-ring (bicyclic) bond motifs is 2. The van der Waals surface area contributed by atoms with Crippen molar-refractivity contribution in [2.75, 3.05) is 27.3 Å². The fourth-order valence-electron chi connectivity index (χ4n) is 5.79. The highest BCUT2D eigenvalue weighted by atomic mass is 16.5. The molecule has 0 aromatic heterocycles. The van der Waals surface area contributed by atoms with Crippen molar-refractivity contribution in [3.05, 3.63) is 35.9 Å². The Morgan fingerprint density at radius 1 is 1.07 bits per heavy atom. The Morgan fingerprint density at radius 3 is 2.53 bits per heavy atom. The first-order valence-corrected chi connectivity index (χ1v) is 11.8. The van der Waals surface area contributed by atoms with Gasteiger partial charge in [0.1, 0.15) is 0 Å². The number of nitrogens with zero attached hydrogens (tertiary/aromatic N) is 1. The average molecular weight is 412 g/mol. The molecule has 0 N–H and O–H groups in total. The minimum Gasteiger partial charge on any atom is -0.493 e. The fourth-order valence-corrected chi connectivity index (χ4v) is 5.79. The molecule has 2 saturated carbocycles. The largest absolute Gasteiger partial charge is 0.493 e. The number of ether oxygens (including phenoxy) is 2. The summed E-state index contributed by atoms with van der Waals surface area (Å²) in [7, 11) is 3.33. The minimum atomic E-state index is 0.356. The zero-order chi connectivity index (χ0) is 20.9. The Morgan fingerprint density at radius 2 is 1.87 bits per heavy atom. The predicted molar refractivity (Wildman–Crippen MR) is 120 cm³/mol. The van der Waals surface area contributed by atoms with Crippen LogP contribution < -0.4 is 9.47 Å². The van der Waals surface area contributed by atoms with E-state index in [1.54, 1.807) is 14.2 Å². The van der Waals surface area contributed by atoms with Gasteiger partial charge in [0.2, 0.25) is 5.91 Å². The highest BCUT2D eigenvalue weighted by molar-refractivity contribution is 5.76. The molecule has 0 unspecified atom stereocenters. The third-order valence-electron chi connectivity index (χ3n) is 7.58. The second-order valence-electron chi connectivity index (χ2n) is 9.51. The lowest BCUT2D eigenvalue weighted by molar-refractivity contribution is -0.132. The molecule has 1 aromatic carbocycles. The maximum atomic E-state index is 13.2. The Labute approximate surface area is 181 Å². The van der Waals surface area contributed by atoms with Crippen molar-refractivity contribution in [2.45, 2.75) is 57.8 Å². The third kappa shape index (κ3) is 5.01. The van der Waals surface area contributed by atoms with Gasteiger partial charge in [-0.2, -0.15) is 0 Å². The number of carbonyl (C=O) groups is 1. The summed E-state index contributed by atoms with van der Waals surface area (Å²) < 4.78 is 10.8. The van der Waals surface area contributed by atoms with Gasteiger partial charge >= 0.3 is 0 Å². The van der Waals surface area contributed by atoms with E-state index in [0.29, 0.717) is 24.2 Å². The summed E-state index contributed by atoms with van der Waals surface area (Å²) in [6.45, 7) is 1.71. The van der Waals surface area contributed by atoms with Gasteiger partial charge in [-0.25, -0.2) is 0 Å². The molecule has 3 aliphatic carbocycles. The normalized spacial score (nSPS) is 25.1. The molecule has 2 bridgehead atoms. The Balaban J connectivity index is 1.38. The van der Waals surface area contributed by atoms with E-state index in [9.17, 15) is 4.79 Å². The molecule has 4 heteroatoms. The molecule has 4 nitrogen and oxygen atoms in total. The number of allylic oxidation sites excluding steroid dienone is 2. The molecule has 4 rings (SSSR count). The van der Waals surface area contributed by atoms with E-state index in [-0.39, 0.29) is 0 Å². The van der Waals surface area contributed by atoms with Gasteiger partial charge in [0, 0.05) is 19.5 Å². The first kappa shape index (κ1) is 21.3. The van der Waals surface area contributed by atoms with Gasteiger partial charge in [-0.05, 0) is 67.1 Å². The molecule has 0 radical (unpaired) electrons. The van der Waals surface area contributed by atoms with E-state index in [1.807, 2.05) is 12.1 Å². The molecule has 3 atom stereocenters. The van der Waals surface area contributed by atoms with E-state index in [4.69, 9.17) is 9.47 Å². The van der Waals surface area contributed by atoms with Crippen LogP contribution in [0.25, 0.3) is 0 Å². The van der Waals surface area contributed by atoms with Crippen LogP contribution in [0.5, 0.6) is 11.5 Å². The molecular formula is C26H37NO3. The molecule has 30 heavy (non-hydrogen) atoms. The van der Waals surface area contributed by atoms with Gasteiger partial charge < -0.3 is 14.4 Å². The van der Waals surface area contributed by atoms with Crippen molar-refractivity contribution in [3.63, 3.8) is 0 Å². The minimum absolute atomic E-state index is 0.356. The lowest BCUT2D eigenvalue weighted by Gasteiger charge is -2.29. The van der Waals surface area contributed by atoms with Crippen LogP contribution in [-0.2, 0) is 11.2 Å². The Bertz CT molecular complexity index is 753. The van der Waals surface area contributed by atoms with Crippen molar-refractivity contribution in [2.24, 2.45) is 23.7 Å². The number of methoxy groups -OCH3 is 2. The van der Waals surface area contributed by atoms with Crippen molar-refractivity contribution in [1.82, 2.24) is 4.90 Å². The number of hydrogen-bond acceptors (Lipinski definition) is 3. The summed E-state index contributed by atoms with van der Waals surface area (Å²) in [6.07, 6.45) is 15.3. The third-order valence-corrected chi connectivity index (χ3v) is 7.58. The van der Waals surface area contributed by atoms with Crippen LogP contribution in [0, 0.1) is 23.7 Å². The van der Waals surface area contributed by atoms with Gasteiger partial charge in [0.15, 0.2) is 11.5 Å². The van der Waals surface area contributed by atoms with Crippen LogP contribution in [0.3, 0.4) is 0 Å². The van der Waals surface area contributed by atoms with E-state index < -0.39 is 0 Å². The monoisotopic (exact) mass is 411 g/mol. The molecule has 0 aliphatic heterocycles. The number of rotatable bonds is 10. The molecule has 1 amide bonds. The quantitative estimate of drug-likeness (QED) is 0.493. The summed E-state index contributed by atoms with van der Waals surface area (Å²) in [5.74, 6) is 4.71. The molecule has 3 aliphatic rings. The first-order valence-electron chi connectivity index (χ1n) is 11.8. The lowest BCUT2D eigenvalue weighted by Crippen LogP contribution is -2.38. The summed E-state index contributed by atoms with van der Waals surface area (Å²) in [4.78, 5) is 15.4. The first-order chi connectivity index (χ1) is 14.7. The number of carbonyl (C=O) groups excluding carboxylic acids is 1. The maximum Gasteiger partial charge on any atom is 0.222 e. The van der Waals surface area contributed by atoms with Crippen LogP contribution in [0.15, 0.2) is 30.4 Å². The number of benzene rings is 1. The topological polar surface area (TPSA) is 38.8 Å². The van der Waals surface area contributed by atoms with Gasteiger partial charge in [-0.15, -0.1) is 0 Å². The molecule has 164 valence electrons. The molecule has 0 spiro atoms. The van der Waals surface area contributed by atoms with Gasteiger partial charge in [-0.1, -0.05) is 43.9 Å². The van der Waals surface area contributed by atoms with E-state index in [2.05, 4.69) is 23.1 Å².